The van der Waals surface area contributed by atoms with Gasteiger partial charge in [-0.15, -0.1) is 0 Å². The number of hydrogen-bond donors (Lipinski definition) is 0. The summed E-state index contributed by atoms with van der Waals surface area (Å²) in [6.45, 7) is 0. The van der Waals surface area contributed by atoms with Crippen molar-refractivity contribution in [2.24, 2.45) is 0 Å². The van der Waals surface area contributed by atoms with Gasteiger partial charge >= 0.3 is 48.5 Å². The Balaban J connectivity index is -0.0000000417. The molecule has 0 aliphatic heterocycles. The van der Waals surface area contributed by atoms with Crippen molar-refractivity contribution in [3.63, 3.8) is 0 Å². The molecule has 9 heteroatoms. The van der Waals surface area contributed by atoms with Crippen LogP contribution in [0.4, 0.5) is 0 Å². The molecule has 0 fully saturated rings. The van der Waals surface area contributed by atoms with Crippen LogP contribution in [0.3, 0.4) is 0 Å². The fourth-order valence-corrected chi connectivity index (χ4v) is 0. The predicted molar refractivity (Wildman–Crippen MR) is 11.9 cm³/mol. The van der Waals surface area contributed by atoms with Gasteiger partial charge in [0.25, 0.3) is 0 Å². The molecular formula is H6AgClO7. The first-order valence-corrected chi connectivity index (χ1v) is 2.58. The second-order valence-electron chi connectivity index (χ2n) is 0.424. The van der Waals surface area contributed by atoms with Gasteiger partial charge in [0.05, 0.1) is 0 Å². The molecule has 0 saturated carbocycles. The number of halogens is 1. The van der Waals surface area contributed by atoms with Gasteiger partial charge in [-0.1, -0.05) is 0 Å². The monoisotopic (exact) mass is 260 g/mol. The Hall–Kier alpha value is 0.750. The van der Waals surface area contributed by atoms with Gasteiger partial charge in [0.1, 0.15) is 0 Å². The van der Waals surface area contributed by atoms with Crippen LogP contribution in [-0.2, 0) is 24.3 Å². The average molecular weight is 261 g/mol. The molecule has 0 saturated heterocycles. The molecule has 0 bridgehead atoms. The standard InChI is InChI=1S/Ag.ClHO4.3H2O/c;2-1(3,4)5;;;/h;(H,2,3,4,5);3*1H2/q+1;;;;/p-1. The summed E-state index contributed by atoms with van der Waals surface area (Å²) >= 11 is 1.97. The first-order valence-electron chi connectivity index (χ1n) is 0.740. The van der Waals surface area contributed by atoms with Gasteiger partial charge in [0.15, 0.2) is 0 Å². The SMILES string of the molecule is O.O.O.[O-][Cl+3]([O-])([O-])[O][Ag]. The summed E-state index contributed by atoms with van der Waals surface area (Å²) in [4.78, 5) is 0. The van der Waals surface area contributed by atoms with Crippen LogP contribution in [0.2, 0.25) is 0 Å². The summed E-state index contributed by atoms with van der Waals surface area (Å²) < 4.78 is 30.6. The number of rotatable bonds is 1. The number of hydrogen-bond acceptors (Lipinski definition) is 4. The van der Waals surface area contributed by atoms with Crippen LogP contribution in [0.25, 0.3) is 0 Å². The molecule has 9 heavy (non-hydrogen) atoms. The van der Waals surface area contributed by atoms with Gasteiger partial charge in [-0.05, 0) is 0 Å². The van der Waals surface area contributed by atoms with E-state index in [2.05, 4.69) is 2.80 Å². The van der Waals surface area contributed by atoms with Crippen molar-refractivity contribution in [1.29, 1.82) is 0 Å². The summed E-state index contributed by atoms with van der Waals surface area (Å²) in [6.07, 6.45) is 0. The van der Waals surface area contributed by atoms with Crippen molar-refractivity contribution in [2.75, 3.05) is 0 Å². The van der Waals surface area contributed by atoms with Gasteiger partial charge < -0.3 is 16.4 Å². The Morgan fingerprint density at radius 3 is 1.11 bits per heavy atom. The minimum atomic E-state index is -4.26. The second-order valence-corrected chi connectivity index (χ2v) is 1.96. The molecule has 0 aliphatic carbocycles. The van der Waals surface area contributed by atoms with Gasteiger partial charge in [0, 0.05) is 0 Å². The molecule has 0 aromatic carbocycles. The molecule has 0 atom stereocenters. The average Bonchev–Trinajstić information content (AvgIpc) is 1.35. The minimum absolute atomic E-state index is 0. The molecule has 7 nitrogen and oxygen atoms in total. The molecule has 0 amide bonds. The van der Waals surface area contributed by atoms with Crippen molar-refractivity contribution < 1.29 is 64.9 Å². The zero-order valence-corrected chi connectivity index (χ0v) is 6.05. The fourth-order valence-electron chi connectivity index (χ4n) is 0. The van der Waals surface area contributed by atoms with E-state index in [4.69, 9.17) is 14.0 Å². The molecule has 0 aliphatic rings. The van der Waals surface area contributed by atoms with E-state index < -0.39 is 10.2 Å². The summed E-state index contributed by atoms with van der Waals surface area (Å²) in [6, 6.07) is 0. The molecule has 66 valence electrons. The fraction of sp³-hybridized carbons (Fsp3) is 0. The molecule has 0 radical (unpaired) electrons. The van der Waals surface area contributed by atoms with Crippen molar-refractivity contribution >= 4 is 0 Å². The molecule has 0 spiro atoms. The zero-order chi connectivity index (χ0) is 5.21. The van der Waals surface area contributed by atoms with E-state index in [1.54, 1.807) is 0 Å². The summed E-state index contributed by atoms with van der Waals surface area (Å²) in [7, 11) is -4.26. The third kappa shape index (κ3) is 28.3. The van der Waals surface area contributed by atoms with Gasteiger partial charge in [0.2, 0.25) is 0 Å². The Kier molecular flexibility index (Phi) is 22.0. The third-order valence-electron chi connectivity index (χ3n) is 0.0570. The van der Waals surface area contributed by atoms with Crippen molar-refractivity contribution in [3.8, 4) is 0 Å². The molecule has 0 unspecified atom stereocenters. The van der Waals surface area contributed by atoms with E-state index in [1.807, 2.05) is 21.5 Å². The van der Waals surface area contributed by atoms with Gasteiger partial charge in [-0.2, -0.15) is 0 Å². The first kappa shape index (κ1) is 22.6. The second kappa shape index (κ2) is 8.75. The van der Waals surface area contributed by atoms with Crippen LogP contribution in [0.15, 0.2) is 0 Å². The Morgan fingerprint density at radius 2 is 1.11 bits per heavy atom. The van der Waals surface area contributed by atoms with E-state index in [1.165, 1.54) is 0 Å². The van der Waals surface area contributed by atoms with Crippen molar-refractivity contribution in [3.05, 3.63) is 0 Å². The normalized spacial score (nSPS) is 8.11. The van der Waals surface area contributed by atoms with Gasteiger partial charge in [-0.25, -0.2) is 0 Å². The quantitative estimate of drug-likeness (QED) is 0.427. The van der Waals surface area contributed by atoms with Crippen LogP contribution >= 0.6 is 0 Å². The van der Waals surface area contributed by atoms with E-state index in [0.717, 1.165) is 0 Å². The third-order valence-corrected chi connectivity index (χ3v) is 1.01. The summed E-state index contributed by atoms with van der Waals surface area (Å²) in [5.41, 5.74) is 0. The van der Waals surface area contributed by atoms with Crippen LogP contribution in [0.1, 0.15) is 0 Å². The van der Waals surface area contributed by atoms with E-state index in [9.17, 15) is 0 Å². The predicted octanol–water partition coefficient (Wildman–Crippen LogP) is -6.11. The van der Waals surface area contributed by atoms with Crippen LogP contribution in [-0.4, -0.2) is 16.4 Å². The molecule has 0 rings (SSSR count). The molecule has 6 N–H and O–H groups in total. The molecular weight excluding hydrogens is 255 g/mol. The van der Waals surface area contributed by atoms with Crippen LogP contribution in [0.5, 0.6) is 0 Å². The van der Waals surface area contributed by atoms with Crippen LogP contribution in [0, 0.1) is 10.2 Å². The Bertz CT molecular complexity index is 38.7. The molecule has 0 heterocycles. The Labute approximate surface area is 65.3 Å². The summed E-state index contributed by atoms with van der Waals surface area (Å²) in [5, 5.41) is 0. The zero-order valence-electron chi connectivity index (χ0n) is 3.81. The Morgan fingerprint density at radius 1 is 1.00 bits per heavy atom. The maximum atomic E-state index is 9.15. The first-order chi connectivity index (χ1) is 2.56. The van der Waals surface area contributed by atoms with E-state index >= 15 is 0 Å². The van der Waals surface area contributed by atoms with Crippen LogP contribution < -0.4 is 14.0 Å². The van der Waals surface area contributed by atoms with E-state index in [-0.39, 0.29) is 16.4 Å². The van der Waals surface area contributed by atoms with Gasteiger partial charge in [-0.3, -0.25) is 0 Å². The van der Waals surface area contributed by atoms with E-state index in [0.29, 0.717) is 0 Å². The maximum absolute atomic E-state index is 9.15. The van der Waals surface area contributed by atoms with Crippen molar-refractivity contribution in [1.82, 2.24) is 0 Å². The summed E-state index contributed by atoms with van der Waals surface area (Å²) in [5.74, 6) is 0. The van der Waals surface area contributed by atoms with Crippen molar-refractivity contribution in [2.45, 2.75) is 0 Å². The molecule has 0 aromatic rings. The molecule has 0 aromatic heterocycles. The topological polar surface area (TPSA) is 173 Å².